The van der Waals surface area contributed by atoms with E-state index in [0.29, 0.717) is 19.1 Å². The van der Waals surface area contributed by atoms with Crippen LogP contribution in [0.25, 0.3) is 0 Å². The van der Waals surface area contributed by atoms with Crippen LogP contribution < -0.4 is 15.0 Å². The number of para-hydroxylation sites is 1. The zero-order valence-electron chi connectivity index (χ0n) is 18.2. The number of methoxy groups -OCH3 is 1. The number of hydrogen-bond donors (Lipinski definition) is 1. The second-order valence-corrected chi connectivity index (χ2v) is 9.16. The van der Waals surface area contributed by atoms with E-state index in [1.807, 2.05) is 6.07 Å². The number of hydrogen-bond acceptors (Lipinski definition) is 5. The molecule has 166 valence electrons. The Morgan fingerprint density at radius 1 is 1.13 bits per heavy atom. The molecule has 5 nitrogen and oxygen atoms in total. The molecule has 0 aromatic heterocycles. The highest BCUT2D eigenvalue weighted by atomic mass is 79.9. The first-order valence-electron chi connectivity index (χ1n) is 11.1. The number of likely N-dealkylation sites (tertiary alicyclic amines) is 1. The molecule has 31 heavy (non-hydrogen) atoms. The van der Waals surface area contributed by atoms with Crippen LogP contribution in [0.1, 0.15) is 12.0 Å². The Balaban J connectivity index is 1.26. The normalized spacial score (nSPS) is 19.2. The van der Waals surface area contributed by atoms with Crippen LogP contribution in [0.3, 0.4) is 0 Å². The second-order valence-electron chi connectivity index (χ2n) is 8.31. The van der Waals surface area contributed by atoms with Gasteiger partial charge < -0.3 is 19.7 Å². The smallest absolute Gasteiger partial charge is 0.119 e. The summed E-state index contributed by atoms with van der Waals surface area (Å²) in [5, 5.41) is 3.61. The third-order valence-corrected chi connectivity index (χ3v) is 6.80. The van der Waals surface area contributed by atoms with Gasteiger partial charge in [0.2, 0.25) is 0 Å². The van der Waals surface area contributed by atoms with E-state index in [4.69, 9.17) is 9.47 Å². The maximum Gasteiger partial charge on any atom is 0.119 e. The number of benzene rings is 2. The van der Waals surface area contributed by atoms with Gasteiger partial charge in [0.15, 0.2) is 0 Å². The molecule has 0 amide bonds. The minimum atomic E-state index is 0.582. The molecule has 1 unspecified atom stereocenters. The van der Waals surface area contributed by atoms with Crippen molar-refractivity contribution in [2.24, 2.45) is 5.92 Å². The van der Waals surface area contributed by atoms with Crippen molar-refractivity contribution < 1.29 is 9.47 Å². The summed E-state index contributed by atoms with van der Waals surface area (Å²) in [6, 6.07) is 16.9. The van der Waals surface area contributed by atoms with E-state index < -0.39 is 0 Å². The van der Waals surface area contributed by atoms with Gasteiger partial charge in [0.1, 0.15) is 12.4 Å². The number of anilines is 1. The van der Waals surface area contributed by atoms with E-state index in [-0.39, 0.29) is 0 Å². The molecule has 2 heterocycles. The highest BCUT2D eigenvalue weighted by Gasteiger charge is 2.24. The summed E-state index contributed by atoms with van der Waals surface area (Å²) in [4.78, 5) is 4.93. The molecule has 0 spiro atoms. The molecule has 1 fully saturated rings. The van der Waals surface area contributed by atoms with Gasteiger partial charge in [-0.3, -0.25) is 4.90 Å². The second kappa shape index (κ2) is 11.0. The molecular weight excluding hydrogens is 454 g/mol. The lowest BCUT2D eigenvalue weighted by Gasteiger charge is -2.31. The van der Waals surface area contributed by atoms with Crippen LogP contribution in [0.5, 0.6) is 5.75 Å². The standard InChI is InChI=1S/C25H32BrN3O2/c1-30-13-14-31-24-7-8-25(26)21(16-24)15-20-9-11-28(17-20)18-22-10-12-29(19-27-22)23-5-3-2-4-6-23/h2-8,10,16,20,27H,9,11-15,17-19H2,1H3. The van der Waals surface area contributed by atoms with Crippen molar-refractivity contribution in [3.63, 3.8) is 0 Å². The molecule has 4 rings (SSSR count). The lowest BCUT2D eigenvalue weighted by atomic mass is 9.98. The number of halogens is 1. The lowest BCUT2D eigenvalue weighted by molar-refractivity contribution is 0.146. The van der Waals surface area contributed by atoms with Gasteiger partial charge in [-0.2, -0.15) is 0 Å². The molecule has 2 aromatic rings. The predicted molar refractivity (Wildman–Crippen MR) is 130 cm³/mol. The van der Waals surface area contributed by atoms with Crippen molar-refractivity contribution in [2.75, 3.05) is 58.1 Å². The van der Waals surface area contributed by atoms with Crippen LogP contribution in [0.2, 0.25) is 0 Å². The van der Waals surface area contributed by atoms with E-state index in [1.54, 1.807) is 7.11 Å². The van der Waals surface area contributed by atoms with Crippen LogP contribution in [-0.2, 0) is 11.2 Å². The monoisotopic (exact) mass is 485 g/mol. The highest BCUT2D eigenvalue weighted by Crippen LogP contribution is 2.29. The number of nitrogens with one attached hydrogen (secondary N) is 1. The molecular formula is C25H32BrN3O2. The Kier molecular flexibility index (Phi) is 7.89. The fourth-order valence-corrected chi connectivity index (χ4v) is 4.73. The summed E-state index contributed by atoms with van der Waals surface area (Å²) in [5.41, 5.74) is 3.95. The van der Waals surface area contributed by atoms with Gasteiger partial charge in [-0.1, -0.05) is 34.1 Å². The molecule has 0 radical (unpaired) electrons. The zero-order chi connectivity index (χ0) is 21.5. The van der Waals surface area contributed by atoms with Crippen LogP contribution in [-0.4, -0.2) is 58.1 Å². The Morgan fingerprint density at radius 2 is 2.00 bits per heavy atom. The third kappa shape index (κ3) is 6.25. The van der Waals surface area contributed by atoms with Crippen LogP contribution in [0.4, 0.5) is 5.69 Å². The fraction of sp³-hybridized carbons (Fsp3) is 0.440. The van der Waals surface area contributed by atoms with Crippen molar-refractivity contribution >= 4 is 21.6 Å². The first-order valence-corrected chi connectivity index (χ1v) is 11.9. The lowest BCUT2D eigenvalue weighted by Crippen LogP contribution is -2.41. The maximum absolute atomic E-state index is 5.79. The topological polar surface area (TPSA) is 37.0 Å². The van der Waals surface area contributed by atoms with Crippen LogP contribution >= 0.6 is 15.9 Å². The third-order valence-electron chi connectivity index (χ3n) is 6.02. The molecule has 0 bridgehead atoms. The van der Waals surface area contributed by atoms with Crippen molar-refractivity contribution in [3.05, 3.63) is 70.3 Å². The molecule has 1 saturated heterocycles. The average Bonchev–Trinajstić information content (AvgIpc) is 3.24. The largest absolute Gasteiger partial charge is 0.491 e. The molecule has 0 saturated carbocycles. The minimum absolute atomic E-state index is 0.582. The molecule has 1 atom stereocenters. The van der Waals surface area contributed by atoms with E-state index in [2.05, 4.69) is 79.6 Å². The van der Waals surface area contributed by atoms with E-state index in [0.717, 1.165) is 45.0 Å². The average molecular weight is 486 g/mol. The summed E-state index contributed by atoms with van der Waals surface area (Å²) in [6.45, 7) is 6.34. The zero-order valence-corrected chi connectivity index (χ0v) is 19.8. The van der Waals surface area contributed by atoms with Gasteiger partial charge in [0, 0.05) is 42.6 Å². The fourth-order valence-electron chi connectivity index (χ4n) is 4.33. The SMILES string of the molecule is COCCOc1ccc(Br)c(CC2CCN(CC3=CCN(c4ccccc4)CN3)C2)c1. The molecule has 2 aliphatic rings. The van der Waals surface area contributed by atoms with Gasteiger partial charge in [-0.25, -0.2) is 0 Å². The van der Waals surface area contributed by atoms with Gasteiger partial charge in [0.05, 0.1) is 13.3 Å². The van der Waals surface area contributed by atoms with Crippen molar-refractivity contribution in [2.45, 2.75) is 12.8 Å². The summed E-state index contributed by atoms with van der Waals surface area (Å²) >= 11 is 3.72. The van der Waals surface area contributed by atoms with Crippen LogP contribution in [0, 0.1) is 5.92 Å². The Labute approximate surface area is 194 Å². The maximum atomic E-state index is 5.79. The van der Waals surface area contributed by atoms with Gasteiger partial charge >= 0.3 is 0 Å². The molecule has 2 aliphatic heterocycles. The number of nitrogens with zero attached hydrogens (tertiary/aromatic N) is 2. The van der Waals surface area contributed by atoms with Crippen LogP contribution in [0.15, 0.2) is 64.8 Å². The van der Waals surface area contributed by atoms with Crippen molar-refractivity contribution in [1.29, 1.82) is 0 Å². The quantitative estimate of drug-likeness (QED) is 0.536. The van der Waals surface area contributed by atoms with E-state index >= 15 is 0 Å². The molecule has 1 N–H and O–H groups in total. The van der Waals surface area contributed by atoms with Crippen molar-refractivity contribution in [3.8, 4) is 5.75 Å². The van der Waals surface area contributed by atoms with Gasteiger partial charge in [-0.15, -0.1) is 0 Å². The Morgan fingerprint density at radius 3 is 2.77 bits per heavy atom. The van der Waals surface area contributed by atoms with Crippen molar-refractivity contribution in [1.82, 2.24) is 10.2 Å². The highest BCUT2D eigenvalue weighted by molar-refractivity contribution is 9.10. The Bertz CT molecular complexity index is 874. The summed E-state index contributed by atoms with van der Waals surface area (Å²) in [6.07, 6.45) is 4.65. The first-order chi connectivity index (χ1) is 15.2. The number of ether oxygens (including phenoxy) is 2. The molecule has 0 aliphatic carbocycles. The summed E-state index contributed by atoms with van der Waals surface area (Å²) in [5.74, 6) is 1.60. The number of rotatable bonds is 9. The van der Waals surface area contributed by atoms with Gasteiger partial charge in [-0.05, 0) is 67.3 Å². The first kappa shape index (κ1) is 22.2. The predicted octanol–water partition coefficient (Wildman–Crippen LogP) is 4.29. The van der Waals surface area contributed by atoms with E-state index in [9.17, 15) is 0 Å². The van der Waals surface area contributed by atoms with E-state index in [1.165, 1.54) is 27.8 Å². The molecule has 2 aromatic carbocycles. The Hall–Kier alpha value is -2.02. The summed E-state index contributed by atoms with van der Waals surface area (Å²) in [7, 11) is 1.69. The summed E-state index contributed by atoms with van der Waals surface area (Å²) < 4.78 is 12.0. The van der Waals surface area contributed by atoms with Gasteiger partial charge in [0.25, 0.3) is 0 Å². The minimum Gasteiger partial charge on any atom is -0.491 e. The molecule has 6 heteroatoms.